The van der Waals surface area contributed by atoms with Gasteiger partial charge in [-0.25, -0.2) is 0 Å². The molecule has 0 aromatic rings. The van der Waals surface area contributed by atoms with Gasteiger partial charge < -0.3 is 5.11 Å². The number of rotatable bonds is 1. The number of hydrogen-bond acceptors (Lipinski definition) is 1. The van der Waals surface area contributed by atoms with Crippen LogP contribution in [0.2, 0.25) is 0 Å². The van der Waals surface area contributed by atoms with E-state index in [1.165, 1.54) is 5.57 Å². The standard InChI is InChI=1S/C12H22O/c1-9(2)7-10-5-6-11(13)8-12(10,3)4/h7,10-11,13H,5-6,8H2,1-4H3/t10-,11-/m0/s1. The van der Waals surface area contributed by atoms with Crippen molar-refractivity contribution >= 4 is 0 Å². The maximum Gasteiger partial charge on any atom is 0.0545 e. The molecule has 1 fully saturated rings. The molecular formula is C12H22O. The quantitative estimate of drug-likeness (QED) is 0.618. The van der Waals surface area contributed by atoms with Crippen LogP contribution in [0.25, 0.3) is 0 Å². The molecule has 1 aliphatic carbocycles. The Morgan fingerprint density at radius 2 is 1.92 bits per heavy atom. The number of aliphatic hydroxyl groups excluding tert-OH is 1. The van der Waals surface area contributed by atoms with Crippen LogP contribution < -0.4 is 0 Å². The van der Waals surface area contributed by atoms with Crippen molar-refractivity contribution in [2.45, 2.75) is 53.1 Å². The lowest BCUT2D eigenvalue weighted by atomic mass is 9.67. The van der Waals surface area contributed by atoms with E-state index in [1.54, 1.807) is 0 Å². The molecule has 0 aliphatic heterocycles. The molecule has 1 rings (SSSR count). The average Bonchev–Trinajstić information content (AvgIpc) is 1.93. The van der Waals surface area contributed by atoms with Gasteiger partial charge in [-0.3, -0.25) is 0 Å². The predicted molar refractivity (Wildman–Crippen MR) is 56.6 cm³/mol. The second-order valence-corrected chi connectivity index (χ2v) is 5.27. The molecule has 0 amide bonds. The zero-order valence-corrected chi connectivity index (χ0v) is 9.30. The highest BCUT2D eigenvalue weighted by molar-refractivity contribution is 5.04. The third kappa shape index (κ3) is 2.84. The Hall–Kier alpha value is -0.300. The number of hydrogen-bond donors (Lipinski definition) is 1. The van der Waals surface area contributed by atoms with E-state index in [0.29, 0.717) is 5.92 Å². The average molecular weight is 182 g/mol. The Morgan fingerprint density at radius 3 is 2.38 bits per heavy atom. The monoisotopic (exact) mass is 182 g/mol. The van der Waals surface area contributed by atoms with Gasteiger partial charge in [-0.15, -0.1) is 0 Å². The summed E-state index contributed by atoms with van der Waals surface area (Å²) in [4.78, 5) is 0. The summed E-state index contributed by atoms with van der Waals surface area (Å²) < 4.78 is 0. The maximum atomic E-state index is 9.58. The lowest BCUT2D eigenvalue weighted by molar-refractivity contribution is 0.0397. The minimum Gasteiger partial charge on any atom is -0.393 e. The number of allylic oxidation sites excluding steroid dienone is 2. The Balaban J connectivity index is 2.70. The fourth-order valence-electron chi connectivity index (χ4n) is 2.33. The van der Waals surface area contributed by atoms with Crippen molar-refractivity contribution in [2.75, 3.05) is 0 Å². The SMILES string of the molecule is CC(C)=C[C@@H]1CC[C@H](O)CC1(C)C. The summed E-state index contributed by atoms with van der Waals surface area (Å²) in [6.45, 7) is 8.83. The first kappa shape index (κ1) is 10.8. The fraction of sp³-hybridized carbons (Fsp3) is 0.833. The molecule has 0 heterocycles. The Labute approximate surface area is 81.9 Å². The molecule has 13 heavy (non-hydrogen) atoms. The molecule has 0 aromatic heterocycles. The molecule has 1 N–H and O–H groups in total. The van der Waals surface area contributed by atoms with E-state index in [0.717, 1.165) is 19.3 Å². The third-order valence-electron chi connectivity index (χ3n) is 3.11. The van der Waals surface area contributed by atoms with Crippen LogP contribution in [0, 0.1) is 11.3 Å². The molecule has 1 nitrogen and oxygen atoms in total. The first-order chi connectivity index (χ1) is 5.92. The molecule has 0 radical (unpaired) electrons. The normalized spacial score (nSPS) is 32.7. The van der Waals surface area contributed by atoms with Crippen LogP contribution in [0.5, 0.6) is 0 Å². The summed E-state index contributed by atoms with van der Waals surface area (Å²) in [5, 5.41) is 9.58. The van der Waals surface area contributed by atoms with Crippen molar-refractivity contribution < 1.29 is 5.11 Å². The molecule has 0 bridgehead atoms. The van der Waals surface area contributed by atoms with Crippen molar-refractivity contribution in [2.24, 2.45) is 11.3 Å². The Morgan fingerprint density at radius 1 is 1.31 bits per heavy atom. The molecule has 0 spiro atoms. The molecule has 1 saturated carbocycles. The molecular weight excluding hydrogens is 160 g/mol. The van der Waals surface area contributed by atoms with Gasteiger partial charge in [0.15, 0.2) is 0 Å². The Kier molecular flexibility index (Phi) is 3.18. The first-order valence-electron chi connectivity index (χ1n) is 5.25. The topological polar surface area (TPSA) is 20.2 Å². The maximum absolute atomic E-state index is 9.58. The fourth-order valence-corrected chi connectivity index (χ4v) is 2.33. The van der Waals surface area contributed by atoms with Crippen molar-refractivity contribution in [3.8, 4) is 0 Å². The molecule has 76 valence electrons. The number of aliphatic hydroxyl groups is 1. The summed E-state index contributed by atoms with van der Waals surface area (Å²) in [6.07, 6.45) is 5.35. The van der Waals surface area contributed by atoms with E-state index < -0.39 is 0 Å². The van der Waals surface area contributed by atoms with Gasteiger partial charge in [-0.1, -0.05) is 25.5 Å². The van der Waals surface area contributed by atoms with Gasteiger partial charge in [-0.05, 0) is 44.4 Å². The third-order valence-corrected chi connectivity index (χ3v) is 3.11. The molecule has 1 aliphatic rings. The minimum atomic E-state index is -0.0724. The van der Waals surface area contributed by atoms with E-state index in [4.69, 9.17) is 0 Å². The van der Waals surface area contributed by atoms with Gasteiger partial charge in [0.05, 0.1) is 6.10 Å². The van der Waals surface area contributed by atoms with E-state index in [1.807, 2.05) is 0 Å². The van der Waals surface area contributed by atoms with E-state index in [2.05, 4.69) is 33.8 Å². The summed E-state index contributed by atoms with van der Waals surface area (Å²) in [7, 11) is 0. The second-order valence-electron chi connectivity index (χ2n) is 5.27. The summed E-state index contributed by atoms with van der Waals surface area (Å²) in [6, 6.07) is 0. The first-order valence-corrected chi connectivity index (χ1v) is 5.25. The highest BCUT2D eigenvalue weighted by Gasteiger charge is 2.34. The zero-order chi connectivity index (χ0) is 10.1. The van der Waals surface area contributed by atoms with Gasteiger partial charge in [-0.2, -0.15) is 0 Å². The highest BCUT2D eigenvalue weighted by Crippen LogP contribution is 2.41. The summed E-state index contributed by atoms with van der Waals surface area (Å²) in [5.41, 5.74) is 1.67. The van der Waals surface area contributed by atoms with Crippen LogP contribution >= 0.6 is 0 Å². The van der Waals surface area contributed by atoms with Gasteiger partial charge >= 0.3 is 0 Å². The summed E-state index contributed by atoms with van der Waals surface area (Å²) >= 11 is 0. The molecule has 1 heteroatoms. The van der Waals surface area contributed by atoms with Crippen molar-refractivity contribution in [1.82, 2.24) is 0 Å². The zero-order valence-electron chi connectivity index (χ0n) is 9.30. The molecule has 0 unspecified atom stereocenters. The smallest absolute Gasteiger partial charge is 0.0545 e. The van der Waals surface area contributed by atoms with Gasteiger partial charge in [0.2, 0.25) is 0 Å². The van der Waals surface area contributed by atoms with Crippen molar-refractivity contribution in [3.05, 3.63) is 11.6 Å². The lowest BCUT2D eigenvalue weighted by Gasteiger charge is -2.39. The highest BCUT2D eigenvalue weighted by atomic mass is 16.3. The van der Waals surface area contributed by atoms with Crippen molar-refractivity contribution in [3.63, 3.8) is 0 Å². The van der Waals surface area contributed by atoms with Gasteiger partial charge in [0.25, 0.3) is 0 Å². The van der Waals surface area contributed by atoms with Crippen LogP contribution in [-0.2, 0) is 0 Å². The van der Waals surface area contributed by atoms with Crippen LogP contribution in [0.4, 0.5) is 0 Å². The van der Waals surface area contributed by atoms with E-state index >= 15 is 0 Å². The van der Waals surface area contributed by atoms with Crippen LogP contribution in [0.3, 0.4) is 0 Å². The Bertz CT molecular complexity index is 199. The largest absolute Gasteiger partial charge is 0.393 e. The van der Waals surface area contributed by atoms with Gasteiger partial charge in [0, 0.05) is 0 Å². The summed E-state index contributed by atoms with van der Waals surface area (Å²) in [5.74, 6) is 0.654. The van der Waals surface area contributed by atoms with Crippen LogP contribution in [0.15, 0.2) is 11.6 Å². The van der Waals surface area contributed by atoms with E-state index in [-0.39, 0.29) is 11.5 Å². The molecule has 0 saturated heterocycles. The minimum absolute atomic E-state index is 0.0724. The lowest BCUT2D eigenvalue weighted by Crippen LogP contribution is -2.33. The van der Waals surface area contributed by atoms with Crippen LogP contribution in [-0.4, -0.2) is 11.2 Å². The predicted octanol–water partition coefficient (Wildman–Crippen LogP) is 3.14. The van der Waals surface area contributed by atoms with Crippen molar-refractivity contribution in [1.29, 1.82) is 0 Å². The molecule has 2 atom stereocenters. The van der Waals surface area contributed by atoms with Crippen LogP contribution in [0.1, 0.15) is 47.0 Å². The van der Waals surface area contributed by atoms with E-state index in [9.17, 15) is 5.11 Å². The van der Waals surface area contributed by atoms with Gasteiger partial charge in [0.1, 0.15) is 0 Å². The molecule has 0 aromatic carbocycles. The second kappa shape index (κ2) is 3.83.